The molecule has 0 bridgehead atoms. The molecule has 100 valence electrons. The van der Waals surface area contributed by atoms with Gasteiger partial charge in [-0.25, -0.2) is 0 Å². The second-order valence-electron chi connectivity index (χ2n) is 6.71. The van der Waals surface area contributed by atoms with Crippen LogP contribution in [0.1, 0.15) is 63.5 Å². The van der Waals surface area contributed by atoms with E-state index in [1.807, 2.05) is 0 Å². The molecule has 1 aromatic carbocycles. The summed E-state index contributed by atoms with van der Waals surface area (Å²) in [5.74, 6) is 0.781. The molecule has 0 heterocycles. The van der Waals surface area contributed by atoms with Crippen molar-refractivity contribution < 1.29 is 0 Å². The van der Waals surface area contributed by atoms with Gasteiger partial charge >= 0.3 is 0 Å². The lowest BCUT2D eigenvalue weighted by Crippen LogP contribution is -2.29. The molecule has 1 N–H and O–H groups in total. The normalized spacial score (nSPS) is 25.1. The highest BCUT2D eigenvalue weighted by Crippen LogP contribution is 2.33. The maximum Gasteiger partial charge on any atom is 0.00644 e. The van der Waals surface area contributed by atoms with Crippen LogP contribution in [0.25, 0.3) is 0 Å². The molecule has 0 radical (unpaired) electrons. The molecule has 0 unspecified atom stereocenters. The van der Waals surface area contributed by atoms with Gasteiger partial charge in [0.15, 0.2) is 0 Å². The van der Waals surface area contributed by atoms with Crippen LogP contribution in [0.15, 0.2) is 24.3 Å². The fraction of sp³-hybridized carbons (Fsp3) is 0.647. The first-order valence-corrected chi connectivity index (χ1v) is 7.28. The molecule has 1 nitrogen and oxygen atoms in total. The first-order chi connectivity index (χ1) is 8.50. The van der Waals surface area contributed by atoms with E-state index < -0.39 is 0 Å². The second-order valence-corrected chi connectivity index (χ2v) is 6.71. The Kier molecular flexibility index (Phi) is 4.11. The van der Waals surface area contributed by atoms with Crippen LogP contribution in [0.2, 0.25) is 0 Å². The monoisotopic (exact) mass is 245 g/mol. The van der Waals surface area contributed by atoms with Crippen molar-refractivity contribution in [1.82, 2.24) is 5.32 Å². The third-order valence-electron chi connectivity index (χ3n) is 4.38. The van der Waals surface area contributed by atoms with E-state index in [9.17, 15) is 0 Å². The van der Waals surface area contributed by atoms with Crippen LogP contribution in [0.3, 0.4) is 0 Å². The molecule has 18 heavy (non-hydrogen) atoms. The number of rotatable bonds is 2. The zero-order chi connectivity index (χ0) is 13.2. The van der Waals surface area contributed by atoms with Gasteiger partial charge in [-0.05, 0) is 55.2 Å². The van der Waals surface area contributed by atoms with Gasteiger partial charge in [0.05, 0.1) is 0 Å². The first kappa shape index (κ1) is 13.6. The summed E-state index contributed by atoms with van der Waals surface area (Å²) in [4.78, 5) is 0. The van der Waals surface area contributed by atoms with E-state index in [4.69, 9.17) is 0 Å². The van der Waals surface area contributed by atoms with E-state index in [0.29, 0.717) is 0 Å². The van der Waals surface area contributed by atoms with E-state index in [2.05, 4.69) is 57.4 Å². The van der Waals surface area contributed by atoms with Gasteiger partial charge in [0.25, 0.3) is 0 Å². The van der Waals surface area contributed by atoms with Crippen molar-refractivity contribution in [2.24, 2.45) is 0 Å². The second kappa shape index (κ2) is 5.44. The first-order valence-electron chi connectivity index (χ1n) is 7.28. The van der Waals surface area contributed by atoms with Crippen molar-refractivity contribution in [3.63, 3.8) is 0 Å². The number of hydrogen-bond acceptors (Lipinski definition) is 1. The Bertz CT molecular complexity index is 364. The van der Waals surface area contributed by atoms with Crippen LogP contribution in [-0.4, -0.2) is 13.1 Å². The minimum Gasteiger partial charge on any atom is -0.317 e. The summed E-state index contributed by atoms with van der Waals surface area (Å²) < 4.78 is 0. The molecule has 1 aliphatic carbocycles. The minimum atomic E-state index is 0.266. The molecule has 1 aliphatic rings. The van der Waals surface area contributed by atoms with Crippen LogP contribution in [0.4, 0.5) is 0 Å². The number of benzene rings is 1. The van der Waals surface area contributed by atoms with Crippen LogP contribution in [-0.2, 0) is 5.41 Å². The summed E-state index contributed by atoms with van der Waals surface area (Å²) in [6.45, 7) is 6.83. The Labute approximate surface area is 112 Å². The van der Waals surface area contributed by atoms with E-state index in [1.165, 1.54) is 36.8 Å². The van der Waals surface area contributed by atoms with E-state index in [1.54, 1.807) is 0 Å². The predicted molar refractivity (Wildman–Crippen MR) is 79.2 cm³/mol. The molecule has 1 saturated carbocycles. The lowest BCUT2D eigenvalue weighted by Gasteiger charge is -2.29. The van der Waals surface area contributed by atoms with Gasteiger partial charge in [-0.3, -0.25) is 0 Å². The Morgan fingerprint density at radius 3 is 1.94 bits per heavy atom. The summed E-state index contributed by atoms with van der Waals surface area (Å²) in [7, 11) is 2.09. The van der Waals surface area contributed by atoms with Crippen molar-refractivity contribution in [2.45, 2.75) is 63.8 Å². The summed E-state index contributed by atoms with van der Waals surface area (Å²) >= 11 is 0. The fourth-order valence-corrected chi connectivity index (χ4v) is 2.97. The molecule has 1 aromatic rings. The zero-order valence-corrected chi connectivity index (χ0v) is 12.3. The van der Waals surface area contributed by atoms with Gasteiger partial charge < -0.3 is 5.32 Å². The van der Waals surface area contributed by atoms with Crippen molar-refractivity contribution in [3.05, 3.63) is 35.4 Å². The highest BCUT2D eigenvalue weighted by molar-refractivity contribution is 5.29. The summed E-state index contributed by atoms with van der Waals surface area (Å²) in [5, 5.41) is 3.40. The van der Waals surface area contributed by atoms with Gasteiger partial charge in [0.1, 0.15) is 0 Å². The van der Waals surface area contributed by atoms with E-state index >= 15 is 0 Å². The molecule has 2 rings (SSSR count). The molecule has 0 aliphatic heterocycles. The van der Waals surface area contributed by atoms with Gasteiger partial charge in [0.2, 0.25) is 0 Å². The van der Waals surface area contributed by atoms with Crippen LogP contribution in [0.5, 0.6) is 0 Å². The lowest BCUT2D eigenvalue weighted by molar-refractivity contribution is 0.358. The minimum absolute atomic E-state index is 0.266. The molecule has 0 aromatic heterocycles. The molecular weight excluding hydrogens is 218 g/mol. The maximum absolute atomic E-state index is 3.40. The molecule has 0 saturated heterocycles. The summed E-state index contributed by atoms with van der Waals surface area (Å²) in [6.07, 6.45) is 5.31. The lowest BCUT2D eigenvalue weighted by atomic mass is 9.80. The van der Waals surface area contributed by atoms with Crippen LogP contribution < -0.4 is 5.32 Å². The van der Waals surface area contributed by atoms with Gasteiger partial charge in [-0.15, -0.1) is 0 Å². The smallest absolute Gasteiger partial charge is 0.00644 e. The highest BCUT2D eigenvalue weighted by Gasteiger charge is 2.21. The largest absolute Gasteiger partial charge is 0.317 e. The molecule has 1 fully saturated rings. The summed E-state index contributed by atoms with van der Waals surface area (Å²) in [5.41, 5.74) is 3.25. The van der Waals surface area contributed by atoms with Gasteiger partial charge in [-0.2, -0.15) is 0 Å². The van der Waals surface area contributed by atoms with Crippen LogP contribution in [0, 0.1) is 0 Å². The third kappa shape index (κ3) is 3.14. The predicted octanol–water partition coefficient (Wildman–Crippen LogP) is 4.23. The quantitative estimate of drug-likeness (QED) is 0.822. The van der Waals surface area contributed by atoms with Crippen molar-refractivity contribution in [2.75, 3.05) is 7.05 Å². The van der Waals surface area contributed by atoms with E-state index in [0.717, 1.165) is 12.0 Å². The van der Waals surface area contributed by atoms with Crippen LogP contribution >= 0.6 is 0 Å². The SMILES string of the molecule is CNC1CCC(c2ccc(C(C)(C)C)cc2)CC1. The third-order valence-corrected chi connectivity index (χ3v) is 4.38. The molecule has 0 atom stereocenters. The molecular formula is C17H27N. The number of nitrogens with one attached hydrogen (secondary N) is 1. The standard InChI is InChI=1S/C17H27N/c1-17(2,3)15-9-5-13(6-10-15)14-7-11-16(18-4)12-8-14/h5-6,9-10,14,16,18H,7-8,11-12H2,1-4H3. The Balaban J connectivity index is 2.02. The zero-order valence-electron chi connectivity index (χ0n) is 12.3. The van der Waals surface area contributed by atoms with Gasteiger partial charge in [0, 0.05) is 6.04 Å². The average molecular weight is 245 g/mol. The molecule has 0 amide bonds. The highest BCUT2D eigenvalue weighted by atomic mass is 14.9. The molecule has 0 spiro atoms. The van der Waals surface area contributed by atoms with Crippen molar-refractivity contribution in [3.8, 4) is 0 Å². The Morgan fingerprint density at radius 1 is 0.944 bits per heavy atom. The van der Waals surface area contributed by atoms with Gasteiger partial charge in [-0.1, -0.05) is 45.0 Å². The topological polar surface area (TPSA) is 12.0 Å². The fourth-order valence-electron chi connectivity index (χ4n) is 2.97. The summed E-state index contributed by atoms with van der Waals surface area (Å²) in [6, 6.07) is 10.1. The van der Waals surface area contributed by atoms with Crippen molar-refractivity contribution >= 4 is 0 Å². The van der Waals surface area contributed by atoms with Crippen molar-refractivity contribution in [1.29, 1.82) is 0 Å². The average Bonchev–Trinajstić information content (AvgIpc) is 2.38. The number of hydrogen-bond donors (Lipinski definition) is 1. The maximum atomic E-state index is 3.40. The Morgan fingerprint density at radius 2 is 1.50 bits per heavy atom. The molecule has 1 heteroatoms. The Hall–Kier alpha value is -0.820. The van der Waals surface area contributed by atoms with E-state index in [-0.39, 0.29) is 5.41 Å².